The van der Waals surface area contributed by atoms with E-state index in [2.05, 4.69) is 6.92 Å². The number of nitrogens with two attached hydrogens (primary N) is 1. The Balaban J connectivity index is 2.03. The van der Waals surface area contributed by atoms with Crippen LogP contribution in [0.2, 0.25) is 0 Å². The molecule has 0 spiro atoms. The van der Waals surface area contributed by atoms with Gasteiger partial charge in [-0.05, 0) is 31.1 Å². The largest absolute Gasteiger partial charge is 0.392 e. The van der Waals surface area contributed by atoms with Gasteiger partial charge in [-0.2, -0.15) is 0 Å². The molecule has 0 bridgehead atoms. The summed E-state index contributed by atoms with van der Waals surface area (Å²) in [7, 11) is 1.89. The van der Waals surface area contributed by atoms with Gasteiger partial charge in [0, 0.05) is 13.6 Å². The van der Waals surface area contributed by atoms with E-state index in [0.29, 0.717) is 10.9 Å². The Bertz CT molecular complexity index is 336. The highest BCUT2D eigenvalue weighted by Gasteiger charge is 2.46. The molecule has 0 aliphatic heterocycles. The zero-order valence-electron chi connectivity index (χ0n) is 10.7. The number of rotatable bonds is 4. The van der Waals surface area contributed by atoms with Gasteiger partial charge in [-0.3, -0.25) is 4.79 Å². The summed E-state index contributed by atoms with van der Waals surface area (Å²) >= 11 is 5.15. The molecular formula is C13H22N2OS. The van der Waals surface area contributed by atoms with Gasteiger partial charge in [0.25, 0.3) is 0 Å². The summed E-state index contributed by atoms with van der Waals surface area (Å²) in [6.07, 6.45) is 5.06. The van der Waals surface area contributed by atoms with E-state index >= 15 is 0 Å². The lowest BCUT2D eigenvalue weighted by Gasteiger charge is -2.31. The zero-order valence-corrected chi connectivity index (χ0v) is 11.6. The summed E-state index contributed by atoms with van der Waals surface area (Å²) in [6, 6.07) is 0. The van der Waals surface area contributed by atoms with Gasteiger partial charge in [-0.25, -0.2) is 0 Å². The molecule has 2 aliphatic rings. The molecule has 0 saturated heterocycles. The van der Waals surface area contributed by atoms with Crippen LogP contribution >= 0.6 is 12.2 Å². The Kier molecular flexibility index (Phi) is 3.43. The van der Waals surface area contributed by atoms with Crippen molar-refractivity contribution in [1.29, 1.82) is 0 Å². The lowest BCUT2D eigenvalue weighted by atomic mass is 9.84. The molecule has 2 saturated carbocycles. The minimum atomic E-state index is -0.526. The number of nitrogens with zero attached hydrogens (tertiary/aromatic N) is 1. The van der Waals surface area contributed by atoms with E-state index in [1.54, 1.807) is 0 Å². The van der Waals surface area contributed by atoms with E-state index in [9.17, 15) is 4.79 Å². The predicted molar refractivity (Wildman–Crippen MR) is 72.6 cm³/mol. The fraction of sp³-hybridized carbons (Fsp3) is 0.846. The molecule has 0 aromatic rings. The predicted octanol–water partition coefficient (Wildman–Crippen LogP) is 1.95. The molecule has 0 aromatic carbocycles. The maximum absolute atomic E-state index is 12.5. The van der Waals surface area contributed by atoms with E-state index in [0.717, 1.165) is 38.1 Å². The van der Waals surface area contributed by atoms with Crippen molar-refractivity contribution in [2.24, 2.45) is 23.0 Å². The summed E-state index contributed by atoms with van der Waals surface area (Å²) in [5, 5.41) is 0. The third kappa shape index (κ3) is 2.32. The molecule has 1 amide bonds. The molecule has 0 aromatic heterocycles. The Morgan fingerprint density at radius 2 is 2.00 bits per heavy atom. The van der Waals surface area contributed by atoms with Crippen LogP contribution in [-0.4, -0.2) is 29.4 Å². The van der Waals surface area contributed by atoms with Crippen molar-refractivity contribution in [2.45, 2.75) is 39.0 Å². The van der Waals surface area contributed by atoms with Crippen LogP contribution < -0.4 is 5.73 Å². The first kappa shape index (κ1) is 12.8. The first-order valence-corrected chi connectivity index (χ1v) is 6.93. The Morgan fingerprint density at radius 1 is 1.47 bits per heavy atom. The fourth-order valence-electron chi connectivity index (χ4n) is 3.00. The van der Waals surface area contributed by atoms with Crippen LogP contribution in [0.1, 0.15) is 39.0 Å². The molecule has 2 unspecified atom stereocenters. The van der Waals surface area contributed by atoms with Gasteiger partial charge in [0.2, 0.25) is 5.91 Å². The lowest BCUT2D eigenvalue weighted by Crippen LogP contribution is -2.48. The molecule has 0 heterocycles. The van der Waals surface area contributed by atoms with Gasteiger partial charge < -0.3 is 10.6 Å². The Morgan fingerprint density at radius 3 is 2.41 bits per heavy atom. The molecule has 0 radical (unpaired) electrons. The second kappa shape index (κ2) is 4.56. The number of carbonyl (C=O) groups excluding carboxylic acids is 1. The van der Waals surface area contributed by atoms with Gasteiger partial charge in [0.05, 0.1) is 10.4 Å². The summed E-state index contributed by atoms with van der Waals surface area (Å²) < 4.78 is 0. The summed E-state index contributed by atoms with van der Waals surface area (Å²) in [5.41, 5.74) is 5.30. The first-order valence-electron chi connectivity index (χ1n) is 6.53. The van der Waals surface area contributed by atoms with Crippen molar-refractivity contribution in [1.82, 2.24) is 4.90 Å². The van der Waals surface area contributed by atoms with Gasteiger partial charge in [-0.1, -0.05) is 32.0 Å². The van der Waals surface area contributed by atoms with Crippen LogP contribution in [-0.2, 0) is 4.79 Å². The van der Waals surface area contributed by atoms with Crippen LogP contribution in [0.25, 0.3) is 0 Å². The topological polar surface area (TPSA) is 46.3 Å². The highest BCUT2D eigenvalue weighted by atomic mass is 32.1. The van der Waals surface area contributed by atoms with E-state index in [1.165, 1.54) is 6.42 Å². The molecule has 96 valence electrons. The van der Waals surface area contributed by atoms with Gasteiger partial charge >= 0.3 is 0 Å². The highest BCUT2D eigenvalue weighted by Crippen LogP contribution is 2.42. The first-order chi connectivity index (χ1) is 7.97. The third-order valence-electron chi connectivity index (χ3n) is 4.47. The average Bonchev–Trinajstić information content (AvgIpc) is 2.82. The lowest BCUT2D eigenvalue weighted by molar-refractivity contribution is -0.137. The van der Waals surface area contributed by atoms with Crippen molar-refractivity contribution in [3.8, 4) is 0 Å². The number of hydrogen-bond acceptors (Lipinski definition) is 2. The molecule has 2 rings (SSSR count). The monoisotopic (exact) mass is 254 g/mol. The van der Waals surface area contributed by atoms with Crippen LogP contribution in [0.3, 0.4) is 0 Å². The second-order valence-corrected chi connectivity index (χ2v) is 6.25. The molecule has 4 heteroatoms. The summed E-state index contributed by atoms with van der Waals surface area (Å²) in [4.78, 5) is 14.8. The van der Waals surface area contributed by atoms with E-state index < -0.39 is 5.41 Å². The number of carbonyl (C=O) groups is 1. The van der Waals surface area contributed by atoms with E-state index in [1.807, 2.05) is 11.9 Å². The Labute approximate surface area is 109 Å². The normalized spacial score (nSPS) is 30.0. The molecule has 2 atom stereocenters. The quantitative estimate of drug-likeness (QED) is 0.780. The minimum absolute atomic E-state index is 0.154. The number of thiocarbonyl (C=S) groups is 1. The minimum Gasteiger partial charge on any atom is -0.392 e. The standard InChI is InChI=1S/C13H22N2OS/c1-9-7-10(9)8-15(2)12(16)13(11(14)17)5-3-4-6-13/h9-10H,3-8H2,1-2H3,(H2,14,17). The molecular weight excluding hydrogens is 232 g/mol. The van der Waals surface area contributed by atoms with Crippen LogP contribution in [0.5, 0.6) is 0 Å². The van der Waals surface area contributed by atoms with Gasteiger partial charge in [0.1, 0.15) is 0 Å². The van der Waals surface area contributed by atoms with Crippen molar-refractivity contribution in [3.63, 3.8) is 0 Å². The summed E-state index contributed by atoms with van der Waals surface area (Å²) in [6.45, 7) is 3.10. The van der Waals surface area contributed by atoms with Crippen molar-refractivity contribution in [3.05, 3.63) is 0 Å². The van der Waals surface area contributed by atoms with Crippen LogP contribution in [0.15, 0.2) is 0 Å². The van der Waals surface area contributed by atoms with Gasteiger partial charge in [-0.15, -0.1) is 0 Å². The molecule has 17 heavy (non-hydrogen) atoms. The molecule has 2 aliphatic carbocycles. The molecule has 3 nitrogen and oxygen atoms in total. The van der Waals surface area contributed by atoms with E-state index in [4.69, 9.17) is 18.0 Å². The maximum atomic E-state index is 12.5. The average molecular weight is 254 g/mol. The highest BCUT2D eigenvalue weighted by molar-refractivity contribution is 7.80. The van der Waals surface area contributed by atoms with Crippen molar-refractivity contribution < 1.29 is 4.79 Å². The zero-order chi connectivity index (χ0) is 12.6. The van der Waals surface area contributed by atoms with Crippen molar-refractivity contribution in [2.75, 3.05) is 13.6 Å². The SMILES string of the molecule is CC1CC1CN(C)C(=O)C1(C(N)=S)CCCC1. The van der Waals surface area contributed by atoms with Gasteiger partial charge in [0.15, 0.2) is 0 Å². The number of hydrogen-bond donors (Lipinski definition) is 1. The molecule has 2 N–H and O–H groups in total. The Hall–Kier alpha value is -0.640. The second-order valence-electron chi connectivity index (χ2n) is 5.81. The maximum Gasteiger partial charge on any atom is 0.235 e. The molecule has 2 fully saturated rings. The third-order valence-corrected chi connectivity index (χ3v) is 4.86. The van der Waals surface area contributed by atoms with Crippen LogP contribution in [0, 0.1) is 17.3 Å². The smallest absolute Gasteiger partial charge is 0.235 e. The fourth-order valence-corrected chi connectivity index (χ4v) is 3.29. The van der Waals surface area contributed by atoms with Crippen LogP contribution in [0.4, 0.5) is 0 Å². The van der Waals surface area contributed by atoms with Crippen molar-refractivity contribution >= 4 is 23.1 Å². The number of amides is 1. The van der Waals surface area contributed by atoms with E-state index in [-0.39, 0.29) is 5.91 Å². The summed E-state index contributed by atoms with van der Waals surface area (Å²) in [5.74, 6) is 1.62.